The van der Waals surface area contributed by atoms with Crippen LogP contribution in [0.1, 0.15) is 44.6 Å². The number of nitrogens with one attached hydrogen (secondary N) is 1. The summed E-state index contributed by atoms with van der Waals surface area (Å²) in [6.07, 6.45) is 6.03. The Kier molecular flexibility index (Phi) is 9.92. The van der Waals surface area contributed by atoms with Gasteiger partial charge in [0.2, 0.25) is 21.8 Å². The van der Waals surface area contributed by atoms with Crippen molar-refractivity contribution in [2.45, 2.75) is 57.7 Å². The van der Waals surface area contributed by atoms with Crippen molar-refractivity contribution in [2.75, 3.05) is 17.1 Å². The van der Waals surface area contributed by atoms with Gasteiger partial charge in [0.1, 0.15) is 12.6 Å². The zero-order chi connectivity index (χ0) is 26.5. The number of hydrogen-bond acceptors (Lipinski definition) is 4. The number of benzene rings is 2. The van der Waals surface area contributed by atoms with E-state index in [1.807, 2.05) is 0 Å². The van der Waals surface area contributed by atoms with Gasteiger partial charge in [0.05, 0.1) is 11.9 Å². The lowest BCUT2D eigenvalue weighted by Gasteiger charge is -2.33. The Balaban J connectivity index is 1.90. The number of halogens is 3. The zero-order valence-corrected chi connectivity index (χ0v) is 23.3. The molecule has 1 saturated carbocycles. The van der Waals surface area contributed by atoms with Gasteiger partial charge in [-0.1, -0.05) is 72.3 Å². The molecule has 1 aliphatic rings. The first-order chi connectivity index (χ1) is 17.0. The molecular weight excluding hydrogens is 545 g/mol. The van der Waals surface area contributed by atoms with Crippen molar-refractivity contribution in [3.05, 3.63) is 63.1 Å². The number of hydrogen-bond donors (Lipinski definition) is 1. The first-order valence-electron chi connectivity index (χ1n) is 11.7. The number of sulfonamides is 1. The molecule has 196 valence electrons. The molecule has 7 nitrogen and oxygen atoms in total. The second-order valence-electron chi connectivity index (χ2n) is 9.03. The molecule has 0 bridgehead atoms. The summed E-state index contributed by atoms with van der Waals surface area (Å²) >= 11 is 18.5. The predicted molar refractivity (Wildman–Crippen MR) is 145 cm³/mol. The van der Waals surface area contributed by atoms with E-state index < -0.39 is 28.5 Å². The molecule has 0 aromatic heterocycles. The van der Waals surface area contributed by atoms with E-state index in [1.54, 1.807) is 31.2 Å². The van der Waals surface area contributed by atoms with E-state index in [0.29, 0.717) is 10.6 Å². The molecule has 0 aliphatic heterocycles. The Morgan fingerprint density at radius 3 is 2.22 bits per heavy atom. The summed E-state index contributed by atoms with van der Waals surface area (Å²) in [7, 11) is -3.89. The second kappa shape index (κ2) is 12.5. The van der Waals surface area contributed by atoms with Crippen LogP contribution < -0.4 is 9.62 Å². The van der Waals surface area contributed by atoms with Crippen LogP contribution in [0.4, 0.5) is 5.69 Å². The fraction of sp³-hybridized carbons (Fsp3) is 0.440. The number of nitrogens with zero attached hydrogens (tertiary/aromatic N) is 2. The second-order valence-corrected chi connectivity index (χ2v) is 12.2. The Labute approximate surface area is 227 Å². The summed E-state index contributed by atoms with van der Waals surface area (Å²) in [5, 5.41) is 3.95. The maximum absolute atomic E-state index is 13.6. The average Bonchev–Trinajstić information content (AvgIpc) is 2.80. The summed E-state index contributed by atoms with van der Waals surface area (Å²) in [4.78, 5) is 28.1. The van der Waals surface area contributed by atoms with Crippen LogP contribution in [0, 0.1) is 0 Å². The molecule has 0 radical (unpaired) electrons. The van der Waals surface area contributed by atoms with Crippen LogP contribution in [-0.4, -0.2) is 50.0 Å². The Morgan fingerprint density at radius 1 is 1.03 bits per heavy atom. The third-order valence-electron chi connectivity index (χ3n) is 6.23. The van der Waals surface area contributed by atoms with Crippen LogP contribution in [0.15, 0.2) is 42.5 Å². The number of carbonyl (C=O) groups is 2. The zero-order valence-electron chi connectivity index (χ0n) is 20.2. The summed E-state index contributed by atoms with van der Waals surface area (Å²) in [6.45, 7) is 1.13. The van der Waals surface area contributed by atoms with E-state index in [9.17, 15) is 18.0 Å². The standard InChI is InChI=1S/C25H30Cl3N3O4S/c1-17(25(33)29-21-9-4-3-5-10-21)30(15-18-8-6-7-11-23(18)28)24(32)16-31(36(2,34)35)22-13-19(26)12-20(27)14-22/h6-8,11-14,17,21H,3-5,9-10,15-16H2,1-2H3,(H,29,33)/t17-/m1/s1. The van der Waals surface area contributed by atoms with Crippen molar-refractivity contribution >= 4 is 62.3 Å². The lowest BCUT2D eigenvalue weighted by atomic mass is 9.95. The maximum Gasteiger partial charge on any atom is 0.244 e. The van der Waals surface area contributed by atoms with Crippen molar-refractivity contribution in [2.24, 2.45) is 0 Å². The molecule has 2 amide bonds. The van der Waals surface area contributed by atoms with Gasteiger partial charge in [-0.2, -0.15) is 0 Å². The smallest absolute Gasteiger partial charge is 0.244 e. The molecule has 0 heterocycles. The minimum Gasteiger partial charge on any atom is -0.352 e. The molecule has 1 fully saturated rings. The average molecular weight is 575 g/mol. The minimum absolute atomic E-state index is 0.0334. The highest BCUT2D eigenvalue weighted by atomic mass is 35.5. The molecule has 2 aromatic rings. The fourth-order valence-electron chi connectivity index (χ4n) is 4.26. The van der Waals surface area contributed by atoms with Crippen LogP contribution in [0.2, 0.25) is 15.1 Å². The Morgan fingerprint density at radius 2 is 1.64 bits per heavy atom. The van der Waals surface area contributed by atoms with Crippen LogP contribution in [0.5, 0.6) is 0 Å². The molecule has 3 rings (SSSR count). The molecule has 2 aromatic carbocycles. The molecule has 11 heteroatoms. The lowest BCUT2D eigenvalue weighted by molar-refractivity contribution is -0.139. The monoisotopic (exact) mass is 573 g/mol. The quantitative estimate of drug-likeness (QED) is 0.442. The fourth-order valence-corrected chi connectivity index (χ4v) is 5.80. The normalized spacial score (nSPS) is 15.2. The molecule has 1 atom stereocenters. The molecule has 1 aliphatic carbocycles. The first kappa shape index (κ1) is 28.6. The predicted octanol–water partition coefficient (Wildman–Crippen LogP) is 5.28. The van der Waals surface area contributed by atoms with Gasteiger partial charge in [-0.25, -0.2) is 8.42 Å². The van der Waals surface area contributed by atoms with Crippen LogP contribution in [0.3, 0.4) is 0 Å². The molecule has 0 saturated heterocycles. The summed E-state index contributed by atoms with van der Waals surface area (Å²) in [6, 6.07) is 10.5. The number of carbonyl (C=O) groups excluding carboxylic acids is 2. The third kappa shape index (κ3) is 7.75. The topological polar surface area (TPSA) is 86.8 Å². The largest absolute Gasteiger partial charge is 0.352 e. The molecular formula is C25H30Cl3N3O4S. The number of rotatable bonds is 9. The Hall–Kier alpha value is -2.00. The van der Waals surface area contributed by atoms with Crippen molar-refractivity contribution < 1.29 is 18.0 Å². The highest BCUT2D eigenvalue weighted by molar-refractivity contribution is 7.92. The summed E-state index contributed by atoms with van der Waals surface area (Å²) in [5.74, 6) is -0.859. The van der Waals surface area contributed by atoms with Crippen molar-refractivity contribution in [3.8, 4) is 0 Å². The van der Waals surface area contributed by atoms with Crippen molar-refractivity contribution in [1.29, 1.82) is 0 Å². The molecule has 0 spiro atoms. The summed E-state index contributed by atoms with van der Waals surface area (Å²) < 4.78 is 26.2. The van der Waals surface area contributed by atoms with Gasteiger partial charge >= 0.3 is 0 Å². The number of anilines is 1. The molecule has 36 heavy (non-hydrogen) atoms. The highest BCUT2D eigenvalue weighted by Gasteiger charge is 2.31. The van der Waals surface area contributed by atoms with Gasteiger partial charge in [-0.05, 0) is 49.6 Å². The van der Waals surface area contributed by atoms with E-state index >= 15 is 0 Å². The van der Waals surface area contributed by atoms with Crippen molar-refractivity contribution in [3.63, 3.8) is 0 Å². The van der Waals surface area contributed by atoms with Gasteiger partial charge < -0.3 is 10.2 Å². The summed E-state index contributed by atoms with van der Waals surface area (Å²) in [5.41, 5.74) is 0.793. The van der Waals surface area contributed by atoms with Gasteiger partial charge in [0, 0.05) is 27.7 Å². The van der Waals surface area contributed by atoms with Crippen LogP contribution >= 0.6 is 34.8 Å². The Bertz CT molecular complexity index is 1180. The van der Waals surface area contributed by atoms with E-state index in [2.05, 4.69) is 5.32 Å². The molecule has 0 unspecified atom stereocenters. The lowest BCUT2D eigenvalue weighted by Crippen LogP contribution is -2.53. The van der Waals surface area contributed by atoms with Crippen LogP contribution in [0.25, 0.3) is 0 Å². The minimum atomic E-state index is -3.89. The number of amides is 2. The highest BCUT2D eigenvalue weighted by Crippen LogP contribution is 2.28. The SMILES string of the molecule is C[C@H](C(=O)NC1CCCCC1)N(Cc1ccccc1Cl)C(=O)CN(c1cc(Cl)cc(Cl)c1)S(C)(=O)=O. The third-order valence-corrected chi connectivity index (χ3v) is 8.18. The maximum atomic E-state index is 13.6. The van der Waals surface area contributed by atoms with E-state index in [1.165, 1.54) is 23.1 Å². The van der Waals surface area contributed by atoms with E-state index in [4.69, 9.17) is 34.8 Å². The van der Waals surface area contributed by atoms with Gasteiger partial charge in [0.15, 0.2) is 0 Å². The first-order valence-corrected chi connectivity index (χ1v) is 14.7. The van der Waals surface area contributed by atoms with E-state index in [-0.39, 0.29) is 34.2 Å². The van der Waals surface area contributed by atoms with Crippen molar-refractivity contribution in [1.82, 2.24) is 10.2 Å². The van der Waals surface area contributed by atoms with Gasteiger partial charge in [0.25, 0.3) is 0 Å². The van der Waals surface area contributed by atoms with E-state index in [0.717, 1.165) is 42.7 Å². The molecule has 1 N–H and O–H groups in total. The van der Waals surface area contributed by atoms with Crippen LogP contribution in [-0.2, 0) is 26.2 Å². The van der Waals surface area contributed by atoms with Gasteiger partial charge in [-0.3, -0.25) is 13.9 Å². The van der Waals surface area contributed by atoms with Gasteiger partial charge in [-0.15, -0.1) is 0 Å².